The molecule has 0 saturated carbocycles. The zero-order chi connectivity index (χ0) is 13.0. The van der Waals surface area contributed by atoms with Crippen LogP contribution < -0.4 is 5.73 Å². The fraction of sp³-hybridized carbons (Fsp3) is 0. The number of halogens is 1. The lowest BCUT2D eigenvalue weighted by atomic mass is 10.1. The molecule has 0 saturated heterocycles. The van der Waals surface area contributed by atoms with Gasteiger partial charge in [0.25, 0.3) is 0 Å². The van der Waals surface area contributed by atoms with Gasteiger partial charge in [0, 0.05) is 11.8 Å². The number of benzene rings is 1. The molecule has 0 spiro atoms. The quantitative estimate of drug-likeness (QED) is 0.895. The smallest absolute Gasteiger partial charge is 0.130 e. The van der Waals surface area contributed by atoms with E-state index in [1.165, 1.54) is 6.20 Å². The molecular weight excluding hydrogens is 246 g/mol. The standard InChI is InChI=1S/C14H10ClN3/c15-13-7-12(14(17)18-9-13)5-4-10-2-1-3-11(6-10)8-16/h1-7,9H,(H2,17,18). The van der Waals surface area contributed by atoms with Gasteiger partial charge in [-0.1, -0.05) is 35.9 Å². The Morgan fingerprint density at radius 3 is 2.89 bits per heavy atom. The number of nitrogen functional groups attached to an aromatic ring is 1. The summed E-state index contributed by atoms with van der Waals surface area (Å²) in [6.07, 6.45) is 5.19. The molecule has 2 N–H and O–H groups in total. The van der Waals surface area contributed by atoms with Crippen molar-refractivity contribution < 1.29 is 0 Å². The topological polar surface area (TPSA) is 62.7 Å². The van der Waals surface area contributed by atoms with Crippen LogP contribution in [0.1, 0.15) is 16.7 Å². The molecule has 2 aromatic rings. The number of aromatic nitrogens is 1. The summed E-state index contributed by atoms with van der Waals surface area (Å²) >= 11 is 5.85. The second kappa shape index (κ2) is 5.35. The summed E-state index contributed by atoms with van der Waals surface area (Å²) in [6.45, 7) is 0. The maximum absolute atomic E-state index is 8.81. The lowest BCUT2D eigenvalue weighted by Crippen LogP contribution is -1.92. The molecule has 4 heteroatoms. The van der Waals surface area contributed by atoms with Crippen LogP contribution in [0.5, 0.6) is 0 Å². The predicted molar refractivity (Wildman–Crippen MR) is 73.7 cm³/mol. The number of hydrogen-bond acceptors (Lipinski definition) is 3. The first-order chi connectivity index (χ1) is 8.69. The third-order valence-electron chi connectivity index (χ3n) is 2.39. The molecule has 0 amide bonds. The summed E-state index contributed by atoms with van der Waals surface area (Å²) in [5.41, 5.74) is 8.04. The van der Waals surface area contributed by atoms with Crippen molar-refractivity contribution in [3.05, 3.63) is 58.2 Å². The number of nitrogens with zero attached hydrogens (tertiary/aromatic N) is 2. The number of rotatable bonds is 2. The van der Waals surface area contributed by atoms with E-state index >= 15 is 0 Å². The largest absolute Gasteiger partial charge is 0.383 e. The molecule has 0 aliphatic rings. The van der Waals surface area contributed by atoms with Gasteiger partial charge >= 0.3 is 0 Å². The van der Waals surface area contributed by atoms with Crippen molar-refractivity contribution in [1.29, 1.82) is 5.26 Å². The van der Waals surface area contributed by atoms with Gasteiger partial charge in [0.05, 0.1) is 16.7 Å². The molecule has 3 nitrogen and oxygen atoms in total. The number of nitrogens with two attached hydrogens (primary N) is 1. The molecule has 0 fully saturated rings. The lowest BCUT2D eigenvalue weighted by Gasteiger charge is -1.99. The number of pyridine rings is 1. The molecule has 1 heterocycles. The highest BCUT2D eigenvalue weighted by atomic mass is 35.5. The summed E-state index contributed by atoms with van der Waals surface area (Å²) < 4.78 is 0. The molecule has 0 unspecified atom stereocenters. The predicted octanol–water partition coefficient (Wildman–Crippen LogP) is 3.36. The Bertz CT molecular complexity index is 642. The van der Waals surface area contributed by atoms with E-state index in [-0.39, 0.29) is 0 Å². The summed E-state index contributed by atoms with van der Waals surface area (Å²) in [6, 6.07) is 11.1. The highest BCUT2D eigenvalue weighted by Gasteiger charge is 1.98. The van der Waals surface area contributed by atoms with Gasteiger partial charge in [-0.2, -0.15) is 5.26 Å². The molecule has 88 valence electrons. The molecule has 2 rings (SSSR count). The maximum Gasteiger partial charge on any atom is 0.130 e. The fourth-order valence-electron chi connectivity index (χ4n) is 1.50. The molecule has 0 radical (unpaired) electrons. The van der Waals surface area contributed by atoms with E-state index < -0.39 is 0 Å². The Hall–Kier alpha value is -2.31. The van der Waals surface area contributed by atoms with Crippen molar-refractivity contribution in [2.75, 3.05) is 5.73 Å². The molecule has 0 aliphatic heterocycles. The molecular formula is C14H10ClN3. The van der Waals surface area contributed by atoms with E-state index in [0.717, 1.165) is 11.1 Å². The van der Waals surface area contributed by atoms with Crippen molar-refractivity contribution in [2.45, 2.75) is 0 Å². The van der Waals surface area contributed by atoms with E-state index in [0.29, 0.717) is 16.4 Å². The first-order valence-corrected chi connectivity index (χ1v) is 5.66. The normalized spacial score (nSPS) is 10.4. The van der Waals surface area contributed by atoms with E-state index in [4.69, 9.17) is 22.6 Å². The van der Waals surface area contributed by atoms with Crippen LogP contribution in [0.4, 0.5) is 5.82 Å². The van der Waals surface area contributed by atoms with Gasteiger partial charge in [0.2, 0.25) is 0 Å². The SMILES string of the molecule is N#Cc1cccc(C=Cc2cc(Cl)cnc2N)c1. The van der Waals surface area contributed by atoms with Gasteiger partial charge in [-0.25, -0.2) is 4.98 Å². The second-order valence-corrected chi connectivity index (χ2v) is 4.14. The summed E-state index contributed by atoms with van der Waals surface area (Å²) in [7, 11) is 0. The number of hydrogen-bond donors (Lipinski definition) is 1. The molecule has 0 bridgehead atoms. The Labute approximate surface area is 110 Å². The zero-order valence-corrected chi connectivity index (χ0v) is 10.2. The first kappa shape index (κ1) is 12.2. The van der Waals surface area contributed by atoms with Crippen molar-refractivity contribution in [3.8, 4) is 6.07 Å². The summed E-state index contributed by atoms with van der Waals surface area (Å²) in [5.74, 6) is 0.423. The van der Waals surface area contributed by atoms with E-state index in [9.17, 15) is 0 Å². The highest BCUT2D eigenvalue weighted by molar-refractivity contribution is 6.30. The van der Waals surface area contributed by atoms with Crippen LogP contribution in [0.25, 0.3) is 12.2 Å². The van der Waals surface area contributed by atoms with Crippen molar-refractivity contribution in [1.82, 2.24) is 4.98 Å². The van der Waals surface area contributed by atoms with Crippen LogP contribution >= 0.6 is 11.6 Å². The first-order valence-electron chi connectivity index (χ1n) is 5.28. The summed E-state index contributed by atoms with van der Waals surface area (Å²) in [4.78, 5) is 3.97. The van der Waals surface area contributed by atoms with Gasteiger partial charge in [0.15, 0.2) is 0 Å². The van der Waals surface area contributed by atoms with E-state index in [2.05, 4.69) is 11.1 Å². The highest BCUT2D eigenvalue weighted by Crippen LogP contribution is 2.18. The summed E-state index contributed by atoms with van der Waals surface area (Å²) in [5, 5.41) is 9.34. The van der Waals surface area contributed by atoms with Gasteiger partial charge in [0.1, 0.15) is 5.82 Å². The monoisotopic (exact) mass is 255 g/mol. The lowest BCUT2D eigenvalue weighted by molar-refractivity contribution is 1.33. The molecule has 0 atom stereocenters. The van der Waals surface area contributed by atoms with Crippen molar-refractivity contribution in [3.63, 3.8) is 0 Å². The maximum atomic E-state index is 8.81. The van der Waals surface area contributed by atoms with Crippen LogP contribution in [0.3, 0.4) is 0 Å². The van der Waals surface area contributed by atoms with Crippen molar-refractivity contribution in [2.24, 2.45) is 0 Å². The zero-order valence-electron chi connectivity index (χ0n) is 9.47. The van der Waals surface area contributed by atoms with Crippen LogP contribution in [0.2, 0.25) is 5.02 Å². The van der Waals surface area contributed by atoms with Crippen LogP contribution in [0.15, 0.2) is 36.5 Å². The number of anilines is 1. The van der Waals surface area contributed by atoms with Crippen LogP contribution in [-0.2, 0) is 0 Å². The third kappa shape index (κ3) is 2.88. The van der Waals surface area contributed by atoms with Gasteiger partial charge < -0.3 is 5.73 Å². The average molecular weight is 256 g/mol. The Morgan fingerprint density at radius 2 is 2.11 bits per heavy atom. The number of nitriles is 1. The van der Waals surface area contributed by atoms with Crippen molar-refractivity contribution >= 4 is 29.6 Å². The van der Waals surface area contributed by atoms with Gasteiger partial charge in [-0.3, -0.25) is 0 Å². The Morgan fingerprint density at radius 1 is 1.28 bits per heavy atom. The fourth-order valence-corrected chi connectivity index (χ4v) is 1.66. The van der Waals surface area contributed by atoms with Gasteiger partial charge in [-0.15, -0.1) is 0 Å². The molecule has 0 aliphatic carbocycles. The average Bonchev–Trinajstić information content (AvgIpc) is 2.40. The Balaban J connectivity index is 2.30. The minimum Gasteiger partial charge on any atom is -0.383 e. The third-order valence-corrected chi connectivity index (χ3v) is 2.59. The van der Waals surface area contributed by atoms with Gasteiger partial charge in [-0.05, 0) is 23.8 Å². The van der Waals surface area contributed by atoms with E-state index in [1.54, 1.807) is 18.2 Å². The second-order valence-electron chi connectivity index (χ2n) is 3.70. The molecule has 18 heavy (non-hydrogen) atoms. The van der Waals surface area contributed by atoms with Crippen LogP contribution in [0, 0.1) is 11.3 Å². The molecule has 1 aromatic heterocycles. The minimum atomic E-state index is 0.423. The van der Waals surface area contributed by atoms with Crippen LogP contribution in [-0.4, -0.2) is 4.98 Å². The Kier molecular flexibility index (Phi) is 3.61. The minimum absolute atomic E-state index is 0.423. The molecule has 1 aromatic carbocycles. The van der Waals surface area contributed by atoms with E-state index in [1.807, 2.05) is 24.3 Å².